The fraction of sp³-hybridized carbons (Fsp3) is 0.200. The van der Waals surface area contributed by atoms with Crippen molar-refractivity contribution in [3.63, 3.8) is 0 Å². The number of ether oxygens (including phenoxy) is 1. The van der Waals surface area contributed by atoms with Crippen LogP contribution < -0.4 is 4.74 Å². The quantitative estimate of drug-likeness (QED) is 0.692. The third-order valence-corrected chi connectivity index (χ3v) is 3.07. The number of methoxy groups -OCH3 is 1. The summed E-state index contributed by atoms with van der Waals surface area (Å²) in [5.41, 5.74) is 3.82. The van der Waals surface area contributed by atoms with Crippen molar-refractivity contribution in [2.45, 2.75) is 13.8 Å². The first kappa shape index (κ1) is 13.6. The first-order chi connectivity index (χ1) is 9.10. The molecule has 2 rings (SSSR count). The predicted octanol–water partition coefficient (Wildman–Crippen LogP) is 5.38. The van der Waals surface area contributed by atoms with Crippen LogP contribution in [-0.4, -0.2) is 7.11 Å². The monoisotopic (exact) mass is 274 g/mol. The molecule has 2 aromatic carbocycles. The fourth-order valence-corrected chi connectivity index (χ4v) is 1.91. The maximum atomic E-state index is 6.04. The minimum absolute atomic E-state index is 0.528. The van der Waals surface area contributed by atoms with E-state index in [0.717, 1.165) is 16.8 Å². The molecule has 0 aliphatic heterocycles. The first-order valence-corrected chi connectivity index (χ1v) is 6.30. The van der Waals surface area contributed by atoms with E-state index in [-0.39, 0.29) is 0 Å². The van der Waals surface area contributed by atoms with Crippen LogP contribution in [0.3, 0.4) is 0 Å². The first-order valence-electron chi connectivity index (χ1n) is 5.92. The van der Waals surface area contributed by atoms with Gasteiger partial charge in [0.05, 0.1) is 23.5 Å². The molecule has 0 atom stereocenters. The van der Waals surface area contributed by atoms with Gasteiger partial charge in [-0.2, -0.15) is 10.2 Å². The molecule has 0 unspecified atom stereocenters. The van der Waals surface area contributed by atoms with Gasteiger partial charge in [-0.1, -0.05) is 23.7 Å². The van der Waals surface area contributed by atoms with Crippen LogP contribution in [0.1, 0.15) is 11.1 Å². The van der Waals surface area contributed by atoms with Gasteiger partial charge in [0.2, 0.25) is 0 Å². The maximum Gasteiger partial charge on any atom is 0.137 e. The van der Waals surface area contributed by atoms with Crippen LogP contribution in [0.5, 0.6) is 5.75 Å². The summed E-state index contributed by atoms with van der Waals surface area (Å²) >= 11 is 6.04. The Morgan fingerprint density at radius 3 is 2.47 bits per heavy atom. The SMILES string of the molecule is COc1ccc(N=Nc2cc(C)ccc2C)cc1Cl. The number of halogens is 1. The third kappa shape index (κ3) is 3.32. The molecule has 0 N–H and O–H groups in total. The number of rotatable bonds is 3. The molecule has 4 heteroatoms. The van der Waals surface area contributed by atoms with E-state index in [1.165, 1.54) is 0 Å². The van der Waals surface area contributed by atoms with Crippen molar-refractivity contribution in [1.82, 2.24) is 0 Å². The van der Waals surface area contributed by atoms with Crippen LogP contribution >= 0.6 is 11.6 Å². The second-order valence-electron chi connectivity index (χ2n) is 4.31. The Morgan fingerprint density at radius 1 is 1.00 bits per heavy atom. The zero-order chi connectivity index (χ0) is 13.8. The van der Waals surface area contributed by atoms with Gasteiger partial charge in [-0.15, -0.1) is 0 Å². The molecular weight excluding hydrogens is 260 g/mol. The van der Waals surface area contributed by atoms with Crippen LogP contribution in [0.4, 0.5) is 11.4 Å². The van der Waals surface area contributed by atoms with Gasteiger partial charge in [0.15, 0.2) is 0 Å². The molecule has 0 aliphatic rings. The Kier molecular flexibility index (Phi) is 4.17. The molecule has 2 aromatic rings. The second-order valence-corrected chi connectivity index (χ2v) is 4.72. The van der Waals surface area contributed by atoms with E-state index in [4.69, 9.17) is 16.3 Å². The number of benzene rings is 2. The Hall–Kier alpha value is -1.87. The van der Waals surface area contributed by atoms with Crippen molar-refractivity contribution in [3.05, 3.63) is 52.5 Å². The zero-order valence-electron chi connectivity index (χ0n) is 11.1. The Balaban J connectivity index is 2.27. The minimum atomic E-state index is 0.528. The van der Waals surface area contributed by atoms with Crippen molar-refractivity contribution in [2.24, 2.45) is 10.2 Å². The van der Waals surface area contributed by atoms with E-state index >= 15 is 0 Å². The lowest BCUT2D eigenvalue weighted by molar-refractivity contribution is 0.415. The molecule has 0 heterocycles. The van der Waals surface area contributed by atoms with Gasteiger partial charge in [-0.3, -0.25) is 0 Å². The van der Waals surface area contributed by atoms with Gasteiger partial charge in [-0.05, 0) is 49.2 Å². The highest BCUT2D eigenvalue weighted by atomic mass is 35.5. The van der Waals surface area contributed by atoms with E-state index < -0.39 is 0 Å². The Labute approximate surface area is 117 Å². The Morgan fingerprint density at radius 2 is 1.79 bits per heavy atom. The van der Waals surface area contributed by atoms with Gasteiger partial charge in [0, 0.05) is 0 Å². The number of hydrogen-bond acceptors (Lipinski definition) is 3. The standard InChI is InChI=1S/C15H15ClN2O/c1-10-4-5-11(2)14(8-10)18-17-12-6-7-15(19-3)13(16)9-12/h4-9H,1-3H3. The molecule has 0 spiro atoms. The van der Waals surface area contributed by atoms with Crippen LogP contribution in [-0.2, 0) is 0 Å². The molecule has 0 saturated heterocycles. The van der Waals surface area contributed by atoms with E-state index in [2.05, 4.69) is 16.3 Å². The molecule has 3 nitrogen and oxygen atoms in total. The highest BCUT2D eigenvalue weighted by molar-refractivity contribution is 6.32. The molecule has 98 valence electrons. The minimum Gasteiger partial charge on any atom is -0.495 e. The average molecular weight is 275 g/mol. The lowest BCUT2D eigenvalue weighted by Crippen LogP contribution is -1.82. The summed E-state index contributed by atoms with van der Waals surface area (Å²) in [6.45, 7) is 4.04. The topological polar surface area (TPSA) is 34.0 Å². The van der Waals surface area contributed by atoms with E-state index in [1.807, 2.05) is 32.0 Å². The lowest BCUT2D eigenvalue weighted by atomic mass is 10.1. The van der Waals surface area contributed by atoms with E-state index in [0.29, 0.717) is 16.5 Å². The van der Waals surface area contributed by atoms with Gasteiger partial charge < -0.3 is 4.74 Å². The smallest absolute Gasteiger partial charge is 0.137 e. The van der Waals surface area contributed by atoms with Crippen molar-refractivity contribution in [1.29, 1.82) is 0 Å². The number of nitrogens with zero attached hydrogens (tertiary/aromatic N) is 2. The number of aryl methyl sites for hydroxylation is 2. The van der Waals surface area contributed by atoms with Crippen molar-refractivity contribution in [3.8, 4) is 5.75 Å². The molecule has 0 fully saturated rings. The van der Waals surface area contributed by atoms with Gasteiger partial charge in [0.1, 0.15) is 5.75 Å². The largest absolute Gasteiger partial charge is 0.495 e. The number of hydrogen-bond donors (Lipinski definition) is 0. The molecule has 0 radical (unpaired) electrons. The van der Waals surface area contributed by atoms with Crippen molar-refractivity contribution >= 4 is 23.0 Å². The maximum absolute atomic E-state index is 6.04. The summed E-state index contributed by atoms with van der Waals surface area (Å²) in [7, 11) is 1.58. The zero-order valence-corrected chi connectivity index (χ0v) is 11.9. The summed E-state index contributed by atoms with van der Waals surface area (Å²) in [6, 6.07) is 11.4. The molecule has 0 saturated carbocycles. The normalized spacial score (nSPS) is 10.9. The van der Waals surface area contributed by atoms with E-state index in [9.17, 15) is 0 Å². The molecule has 19 heavy (non-hydrogen) atoms. The summed E-state index contributed by atoms with van der Waals surface area (Å²) < 4.78 is 5.09. The third-order valence-electron chi connectivity index (χ3n) is 2.77. The lowest BCUT2D eigenvalue weighted by Gasteiger charge is -2.03. The van der Waals surface area contributed by atoms with E-state index in [1.54, 1.807) is 19.2 Å². The number of azo groups is 1. The van der Waals surface area contributed by atoms with Gasteiger partial charge in [0.25, 0.3) is 0 Å². The predicted molar refractivity (Wildman–Crippen MR) is 78.1 cm³/mol. The molecule has 0 amide bonds. The van der Waals surface area contributed by atoms with Crippen LogP contribution in [0.15, 0.2) is 46.6 Å². The average Bonchev–Trinajstić information content (AvgIpc) is 2.40. The van der Waals surface area contributed by atoms with Crippen LogP contribution in [0.25, 0.3) is 0 Å². The highest BCUT2D eigenvalue weighted by Gasteiger charge is 2.01. The molecular formula is C15H15ClN2O. The second kappa shape index (κ2) is 5.85. The summed E-state index contributed by atoms with van der Waals surface area (Å²) in [6.07, 6.45) is 0. The Bertz CT molecular complexity index is 624. The van der Waals surface area contributed by atoms with Gasteiger partial charge in [-0.25, -0.2) is 0 Å². The summed E-state index contributed by atoms with van der Waals surface area (Å²) in [5, 5.41) is 8.99. The summed E-state index contributed by atoms with van der Waals surface area (Å²) in [4.78, 5) is 0. The highest BCUT2D eigenvalue weighted by Crippen LogP contribution is 2.30. The van der Waals surface area contributed by atoms with Gasteiger partial charge >= 0.3 is 0 Å². The summed E-state index contributed by atoms with van der Waals surface area (Å²) in [5.74, 6) is 0.632. The fourth-order valence-electron chi connectivity index (χ4n) is 1.66. The molecule has 0 bridgehead atoms. The van der Waals surface area contributed by atoms with Crippen LogP contribution in [0.2, 0.25) is 5.02 Å². The van der Waals surface area contributed by atoms with Crippen LogP contribution in [0, 0.1) is 13.8 Å². The molecule has 0 aromatic heterocycles. The van der Waals surface area contributed by atoms with Crippen molar-refractivity contribution in [2.75, 3.05) is 7.11 Å². The van der Waals surface area contributed by atoms with Crippen molar-refractivity contribution < 1.29 is 4.74 Å². The molecule has 0 aliphatic carbocycles.